The SMILES string of the molecule is CC(=O)OC1[C@@H](C[C@H](CCCNC(=O)Nc2ccc(C(C)(C)C)cc2)CN(Cc2ccccc2)C(=O)OCc2ccccc2)O[C@@H](n2cnc3c(NC(=O)c4ccccc4)ncnc32)[C@H]1OC(C)=O. The summed E-state index contributed by atoms with van der Waals surface area (Å²) in [6, 6.07) is 34.9. The number of amides is 4. The lowest BCUT2D eigenvalue weighted by molar-refractivity contribution is -0.165. The molecule has 6 aromatic rings. The van der Waals surface area contributed by atoms with Crippen LogP contribution in [0.4, 0.5) is 21.1 Å². The molecule has 0 radical (unpaired) electrons. The van der Waals surface area contributed by atoms with E-state index in [-0.39, 0.29) is 60.5 Å². The van der Waals surface area contributed by atoms with Crippen molar-refractivity contribution in [2.24, 2.45) is 5.92 Å². The Kier molecular flexibility index (Phi) is 16.3. The summed E-state index contributed by atoms with van der Waals surface area (Å²) in [5, 5.41) is 8.64. The summed E-state index contributed by atoms with van der Waals surface area (Å²) in [6.45, 7) is 9.62. The van der Waals surface area contributed by atoms with Gasteiger partial charge < -0.3 is 39.8 Å². The van der Waals surface area contributed by atoms with Crippen LogP contribution < -0.4 is 16.0 Å². The van der Waals surface area contributed by atoms with Gasteiger partial charge in [-0.25, -0.2) is 24.5 Å². The van der Waals surface area contributed by atoms with E-state index in [2.05, 4.69) is 51.7 Å². The van der Waals surface area contributed by atoms with Crippen molar-refractivity contribution in [3.8, 4) is 0 Å². The molecule has 0 saturated carbocycles. The fourth-order valence-corrected chi connectivity index (χ4v) is 8.24. The number of fused-ring (bicyclic) bond motifs is 1. The number of imidazole rings is 1. The van der Waals surface area contributed by atoms with Gasteiger partial charge in [0, 0.05) is 44.7 Å². The number of urea groups is 1. The van der Waals surface area contributed by atoms with E-state index in [0.29, 0.717) is 30.6 Å². The van der Waals surface area contributed by atoms with Gasteiger partial charge in [0.05, 0.1) is 6.33 Å². The standard InChI is InChI=1S/C52H58N8O9/c1-34(61)67-44-42(69-49(45(44)68-35(2)62)60-33-56-43-46(54-32-55-47(43)60)58-48(63)39-21-13-8-14-22-39)28-38(20-15-27-53-50(64)57-41-25-23-40(24-26-41)52(3,4)5)30-59(29-36-16-9-6-10-17-36)51(65)66-31-37-18-11-7-12-19-37/h6-14,16-19,21-26,32-33,38,42,44-45,49H,15,20,27-31H2,1-5H3,(H2,53,57,64)(H,54,55,58,63)/t38-,42+,44?,45-,49+/m0/s1. The molecule has 0 aliphatic carbocycles. The van der Waals surface area contributed by atoms with Crippen molar-refractivity contribution >= 4 is 52.6 Å². The third-order valence-corrected chi connectivity index (χ3v) is 11.6. The van der Waals surface area contributed by atoms with Crippen LogP contribution in [-0.2, 0) is 47.1 Å². The molecule has 4 aromatic carbocycles. The maximum absolute atomic E-state index is 14.1. The Hall–Kier alpha value is -7.66. The molecule has 7 rings (SSSR count). The number of benzene rings is 4. The van der Waals surface area contributed by atoms with Gasteiger partial charge in [-0.05, 0) is 71.6 Å². The molecule has 360 valence electrons. The van der Waals surface area contributed by atoms with Crippen LogP contribution in [0.15, 0.2) is 128 Å². The first kappa shape index (κ1) is 49.3. The van der Waals surface area contributed by atoms with E-state index in [1.165, 1.54) is 26.5 Å². The smallest absolute Gasteiger partial charge is 0.410 e. The van der Waals surface area contributed by atoms with Crippen molar-refractivity contribution in [2.45, 2.75) is 97.0 Å². The first-order valence-corrected chi connectivity index (χ1v) is 22.9. The average Bonchev–Trinajstić information content (AvgIpc) is 3.90. The van der Waals surface area contributed by atoms with Crippen LogP contribution in [0.1, 0.15) is 87.2 Å². The lowest BCUT2D eigenvalue weighted by Crippen LogP contribution is -2.41. The number of anilines is 2. The number of hydrogen-bond donors (Lipinski definition) is 3. The van der Waals surface area contributed by atoms with Crippen LogP contribution in [0.25, 0.3) is 11.2 Å². The molecule has 1 unspecified atom stereocenters. The van der Waals surface area contributed by atoms with E-state index >= 15 is 0 Å². The van der Waals surface area contributed by atoms with Crippen molar-refractivity contribution in [3.63, 3.8) is 0 Å². The van der Waals surface area contributed by atoms with Crippen molar-refractivity contribution in [2.75, 3.05) is 23.7 Å². The normalized spacial score (nSPS) is 17.1. The van der Waals surface area contributed by atoms with Crippen LogP contribution in [0.3, 0.4) is 0 Å². The molecule has 17 heteroatoms. The van der Waals surface area contributed by atoms with E-state index < -0.39 is 48.5 Å². The maximum Gasteiger partial charge on any atom is 0.410 e. The van der Waals surface area contributed by atoms with Crippen LogP contribution in [-0.4, -0.2) is 85.8 Å². The quantitative estimate of drug-likeness (QED) is 0.0421. The van der Waals surface area contributed by atoms with Gasteiger partial charge >= 0.3 is 24.1 Å². The molecule has 3 N–H and O–H groups in total. The van der Waals surface area contributed by atoms with Crippen LogP contribution in [0, 0.1) is 5.92 Å². The summed E-state index contributed by atoms with van der Waals surface area (Å²) in [6.07, 6.45) is -0.968. The summed E-state index contributed by atoms with van der Waals surface area (Å²) in [5.74, 6) is -1.91. The molecule has 0 bridgehead atoms. The Balaban J connectivity index is 1.15. The summed E-state index contributed by atoms with van der Waals surface area (Å²) >= 11 is 0. The molecule has 0 spiro atoms. The highest BCUT2D eigenvalue weighted by atomic mass is 16.6. The second kappa shape index (κ2) is 22.9. The number of nitrogens with one attached hydrogen (secondary N) is 3. The zero-order chi connectivity index (χ0) is 48.9. The predicted molar refractivity (Wildman–Crippen MR) is 258 cm³/mol. The molecule has 69 heavy (non-hydrogen) atoms. The lowest BCUT2D eigenvalue weighted by Gasteiger charge is -2.30. The average molecular weight is 939 g/mol. The molecule has 1 fully saturated rings. The van der Waals surface area contributed by atoms with Gasteiger partial charge in [0.15, 0.2) is 35.4 Å². The summed E-state index contributed by atoms with van der Waals surface area (Å²) in [4.78, 5) is 80.9. The van der Waals surface area contributed by atoms with Gasteiger partial charge in [0.25, 0.3) is 5.91 Å². The Morgan fingerprint density at radius 1 is 0.768 bits per heavy atom. The number of carbonyl (C=O) groups is 5. The van der Waals surface area contributed by atoms with Crippen LogP contribution >= 0.6 is 0 Å². The van der Waals surface area contributed by atoms with Gasteiger partial charge in [-0.2, -0.15) is 0 Å². The van der Waals surface area contributed by atoms with Crippen molar-refractivity contribution in [1.29, 1.82) is 0 Å². The van der Waals surface area contributed by atoms with E-state index in [0.717, 1.165) is 16.7 Å². The third-order valence-electron chi connectivity index (χ3n) is 11.6. The zero-order valence-corrected chi connectivity index (χ0v) is 39.4. The lowest BCUT2D eigenvalue weighted by atomic mass is 9.87. The highest BCUT2D eigenvalue weighted by Gasteiger charge is 2.51. The molecule has 1 aliphatic heterocycles. The largest absolute Gasteiger partial charge is 0.456 e. The monoisotopic (exact) mass is 938 g/mol. The Morgan fingerprint density at radius 3 is 2.06 bits per heavy atom. The number of nitrogens with zero attached hydrogens (tertiary/aromatic N) is 5. The highest BCUT2D eigenvalue weighted by Crippen LogP contribution is 2.39. The fraction of sp³-hybridized carbons (Fsp3) is 0.346. The topological polar surface area (TPSA) is 205 Å². The van der Waals surface area contributed by atoms with Gasteiger partial charge in [-0.15, -0.1) is 0 Å². The molecule has 3 heterocycles. The zero-order valence-electron chi connectivity index (χ0n) is 39.4. The molecular weight excluding hydrogens is 881 g/mol. The molecular formula is C52H58N8O9. The minimum atomic E-state index is -1.18. The highest BCUT2D eigenvalue weighted by molar-refractivity contribution is 6.06. The Morgan fingerprint density at radius 2 is 1.41 bits per heavy atom. The molecule has 1 saturated heterocycles. The summed E-state index contributed by atoms with van der Waals surface area (Å²) < 4.78 is 26.1. The second-order valence-corrected chi connectivity index (χ2v) is 17.9. The summed E-state index contributed by atoms with van der Waals surface area (Å²) in [7, 11) is 0. The fourth-order valence-electron chi connectivity index (χ4n) is 8.24. The molecule has 5 atom stereocenters. The van der Waals surface area contributed by atoms with Crippen molar-refractivity contribution in [1.82, 2.24) is 29.7 Å². The number of hydrogen-bond acceptors (Lipinski definition) is 12. The molecule has 17 nitrogen and oxygen atoms in total. The summed E-state index contributed by atoms with van der Waals surface area (Å²) in [5.41, 5.74) is 4.36. The predicted octanol–water partition coefficient (Wildman–Crippen LogP) is 8.58. The molecule has 2 aromatic heterocycles. The number of esters is 2. The number of aromatic nitrogens is 4. The minimum absolute atomic E-state index is 0.0351. The van der Waals surface area contributed by atoms with E-state index in [4.69, 9.17) is 18.9 Å². The maximum atomic E-state index is 14.1. The number of rotatable bonds is 18. The van der Waals surface area contributed by atoms with Crippen molar-refractivity contribution in [3.05, 3.63) is 150 Å². The van der Waals surface area contributed by atoms with Gasteiger partial charge in [0.1, 0.15) is 19.0 Å². The first-order chi connectivity index (χ1) is 33.2. The van der Waals surface area contributed by atoms with Crippen LogP contribution in [0.5, 0.6) is 0 Å². The Bertz CT molecular complexity index is 2680. The van der Waals surface area contributed by atoms with Gasteiger partial charge in [-0.3, -0.25) is 19.0 Å². The Labute approximate surface area is 400 Å². The van der Waals surface area contributed by atoms with E-state index in [1.807, 2.05) is 84.9 Å². The first-order valence-electron chi connectivity index (χ1n) is 22.9. The molecule has 1 aliphatic rings. The van der Waals surface area contributed by atoms with E-state index in [1.54, 1.807) is 39.8 Å². The second-order valence-electron chi connectivity index (χ2n) is 17.9. The minimum Gasteiger partial charge on any atom is -0.456 e. The molecule has 4 amide bonds. The van der Waals surface area contributed by atoms with Crippen LogP contribution in [0.2, 0.25) is 0 Å². The van der Waals surface area contributed by atoms with E-state index in [9.17, 15) is 24.0 Å². The number of ether oxygens (including phenoxy) is 4. The number of carbonyl (C=O) groups excluding carboxylic acids is 5. The van der Waals surface area contributed by atoms with Crippen molar-refractivity contribution < 1.29 is 42.9 Å². The van der Waals surface area contributed by atoms with Gasteiger partial charge in [0.2, 0.25) is 0 Å². The third kappa shape index (κ3) is 13.5. The van der Waals surface area contributed by atoms with Gasteiger partial charge in [-0.1, -0.05) is 112 Å².